The van der Waals surface area contributed by atoms with Crippen LogP contribution >= 0.6 is 0 Å². The molecule has 4 heteroatoms. The van der Waals surface area contributed by atoms with Crippen molar-refractivity contribution in [2.45, 2.75) is 103 Å². The maximum Gasteiger partial charge on any atom is 0.376 e. The van der Waals surface area contributed by atoms with Crippen LogP contribution in [0.4, 0.5) is 8.78 Å². The van der Waals surface area contributed by atoms with E-state index in [1.165, 1.54) is 32.6 Å². The van der Waals surface area contributed by atoms with Gasteiger partial charge in [-0.05, 0) is 26.2 Å². The molecule has 24 heavy (non-hydrogen) atoms. The molecule has 0 bridgehead atoms. The molecule has 0 atom stereocenters. The van der Waals surface area contributed by atoms with Gasteiger partial charge in [0.15, 0.2) is 0 Å². The first-order chi connectivity index (χ1) is 11.5. The number of carbonyl (C=O) groups excluding carboxylic acids is 1. The van der Waals surface area contributed by atoms with Crippen molar-refractivity contribution in [1.82, 2.24) is 0 Å². The highest BCUT2D eigenvalue weighted by atomic mass is 19.3. The van der Waals surface area contributed by atoms with Gasteiger partial charge < -0.3 is 4.74 Å². The molecule has 0 aliphatic carbocycles. The van der Waals surface area contributed by atoms with Gasteiger partial charge in [-0.15, -0.1) is 11.8 Å². The summed E-state index contributed by atoms with van der Waals surface area (Å²) in [4.78, 5) is 11.0. The van der Waals surface area contributed by atoms with Crippen LogP contribution in [0.5, 0.6) is 0 Å². The normalized spacial score (nSPS) is 11.0. The minimum atomic E-state index is -3.33. The van der Waals surface area contributed by atoms with Crippen LogP contribution in [0.2, 0.25) is 0 Å². The van der Waals surface area contributed by atoms with Gasteiger partial charge in [-0.1, -0.05) is 51.9 Å². The molecule has 0 heterocycles. The molecular weight excluding hydrogens is 310 g/mol. The van der Waals surface area contributed by atoms with Gasteiger partial charge in [0.25, 0.3) is 0 Å². The third-order valence-electron chi connectivity index (χ3n) is 3.90. The molecule has 0 saturated heterocycles. The van der Waals surface area contributed by atoms with Crippen molar-refractivity contribution < 1.29 is 18.3 Å². The van der Waals surface area contributed by atoms with E-state index < -0.39 is 18.3 Å². The molecule has 0 spiro atoms. The van der Waals surface area contributed by atoms with E-state index in [1.807, 2.05) is 0 Å². The molecule has 0 saturated carbocycles. The van der Waals surface area contributed by atoms with Crippen LogP contribution in [0.1, 0.15) is 97.3 Å². The molecule has 0 fully saturated rings. The van der Waals surface area contributed by atoms with Crippen LogP contribution in [0, 0.1) is 11.8 Å². The van der Waals surface area contributed by atoms with Gasteiger partial charge in [0.05, 0.1) is 6.61 Å². The van der Waals surface area contributed by atoms with Crippen LogP contribution in [0.3, 0.4) is 0 Å². The van der Waals surface area contributed by atoms with E-state index in [-0.39, 0.29) is 6.61 Å². The Labute approximate surface area is 146 Å². The minimum absolute atomic E-state index is 0.00124. The average molecular weight is 344 g/mol. The van der Waals surface area contributed by atoms with E-state index in [0.29, 0.717) is 6.42 Å². The fraction of sp³-hybridized carbons (Fsp3) is 0.850. The smallest absolute Gasteiger partial charge is 0.376 e. The molecule has 0 aliphatic heterocycles. The lowest BCUT2D eigenvalue weighted by Gasteiger charge is -2.14. The number of rotatable bonds is 14. The Bertz CT molecular complexity index is 370. The molecular formula is C20H34F2O2. The summed E-state index contributed by atoms with van der Waals surface area (Å²) in [6, 6.07) is 0. The van der Waals surface area contributed by atoms with Crippen molar-refractivity contribution in [3.63, 3.8) is 0 Å². The summed E-state index contributed by atoms with van der Waals surface area (Å²) in [6.07, 6.45) is 11.9. The number of unbranched alkanes of at least 4 members (excludes halogenated alkanes) is 10. The second kappa shape index (κ2) is 15.4. The molecule has 140 valence electrons. The SMILES string of the molecule is CCCCC#CCCCCCCCCCCC(F)(F)C(=O)OCC. The molecule has 0 aromatic rings. The van der Waals surface area contributed by atoms with E-state index in [0.717, 1.165) is 44.9 Å². The number of halogens is 2. The van der Waals surface area contributed by atoms with Crippen LogP contribution in [0.15, 0.2) is 0 Å². The predicted octanol–water partition coefficient (Wildman–Crippen LogP) is 6.28. The van der Waals surface area contributed by atoms with Crippen LogP contribution in [-0.4, -0.2) is 18.5 Å². The maximum atomic E-state index is 13.4. The summed E-state index contributed by atoms with van der Waals surface area (Å²) in [5, 5.41) is 0. The first-order valence-corrected chi connectivity index (χ1v) is 9.55. The molecule has 0 amide bonds. The van der Waals surface area contributed by atoms with Gasteiger partial charge in [0.1, 0.15) is 0 Å². The van der Waals surface area contributed by atoms with E-state index in [4.69, 9.17) is 0 Å². The zero-order valence-corrected chi connectivity index (χ0v) is 15.5. The zero-order valence-electron chi connectivity index (χ0n) is 15.5. The highest BCUT2D eigenvalue weighted by Gasteiger charge is 2.39. The largest absolute Gasteiger partial charge is 0.462 e. The molecule has 0 aliphatic rings. The molecule has 0 aromatic carbocycles. The van der Waals surface area contributed by atoms with Gasteiger partial charge >= 0.3 is 11.9 Å². The summed E-state index contributed by atoms with van der Waals surface area (Å²) < 4.78 is 31.1. The molecule has 0 aromatic heterocycles. The van der Waals surface area contributed by atoms with E-state index in [9.17, 15) is 13.6 Å². The number of ether oxygens (including phenoxy) is 1. The predicted molar refractivity (Wildman–Crippen MR) is 95.1 cm³/mol. The topological polar surface area (TPSA) is 26.3 Å². The van der Waals surface area contributed by atoms with E-state index >= 15 is 0 Å². The number of carbonyl (C=O) groups is 1. The van der Waals surface area contributed by atoms with Gasteiger partial charge in [-0.3, -0.25) is 0 Å². The highest BCUT2D eigenvalue weighted by molar-refractivity contribution is 5.77. The lowest BCUT2D eigenvalue weighted by molar-refractivity contribution is -0.172. The van der Waals surface area contributed by atoms with Gasteiger partial charge in [-0.2, -0.15) is 8.78 Å². The maximum absolute atomic E-state index is 13.4. The second-order valence-electron chi connectivity index (χ2n) is 6.21. The van der Waals surface area contributed by atoms with Gasteiger partial charge in [-0.25, -0.2) is 4.79 Å². The minimum Gasteiger partial charge on any atom is -0.462 e. The molecule has 0 unspecified atom stereocenters. The lowest BCUT2D eigenvalue weighted by atomic mass is 10.0. The first-order valence-electron chi connectivity index (χ1n) is 9.55. The number of alkyl halides is 2. The quantitative estimate of drug-likeness (QED) is 0.211. The van der Waals surface area contributed by atoms with Crippen LogP contribution < -0.4 is 0 Å². The standard InChI is InChI=1S/C20H34F2O2/c1-3-5-6-7-8-9-10-11-12-13-14-15-16-17-18-20(21,22)19(23)24-4-2/h3-6,9-18H2,1-2H3. The van der Waals surface area contributed by atoms with Crippen molar-refractivity contribution in [2.24, 2.45) is 0 Å². The third-order valence-corrected chi connectivity index (χ3v) is 3.90. The van der Waals surface area contributed by atoms with Crippen molar-refractivity contribution in [3.8, 4) is 11.8 Å². The molecule has 0 N–H and O–H groups in total. The average Bonchev–Trinajstić information content (AvgIpc) is 2.55. The van der Waals surface area contributed by atoms with Gasteiger partial charge in [0, 0.05) is 19.3 Å². The van der Waals surface area contributed by atoms with E-state index in [2.05, 4.69) is 23.5 Å². The summed E-state index contributed by atoms with van der Waals surface area (Å²) in [5.41, 5.74) is 0. The third kappa shape index (κ3) is 13.3. The lowest BCUT2D eigenvalue weighted by Crippen LogP contribution is -2.30. The summed E-state index contributed by atoms with van der Waals surface area (Å²) in [5.74, 6) is 1.70. The Kier molecular flexibility index (Phi) is 14.7. The Hall–Kier alpha value is -1.11. The second-order valence-corrected chi connectivity index (χ2v) is 6.21. The number of esters is 1. The Morgan fingerprint density at radius 2 is 1.33 bits per heavy atom. The van der Waals surface area contributed by atoms with Crippen LogP contribution in [-0.2, 0) is 9.53 Å². The number of hydrogen-bond donors (Lipinski definition) is 0. The van der Waals surface area contributed by atoms with Crippen molar-refractivity contribution in [1.29, 1.82) is 0 Å². The Morgan fingerprint density at radius 3 is 1.88 bits per heavy atom. The van der Waals surface area contributed by atoms with Gasteiger partial charge in [0.2, 0.25) is 0 Å². The molecule has 0 radical (unpaired) electrons. The fourth-order valence-electron chi connectivity index (χ4n) is 2.40. The van der Waals surface area contributed by atoms with Crippen molar-refractivity contribution in [2.75, 3.05) is 6.61 Å². The Balaban J connectivity index is 3.39. The first kappa shape index (κ1) is 22.9. The molecule has 0 rings (SSSR count). The van der Waals surface area contributed by atoms with E-state index in [1.54, 1.807) is 0 Å². The summed E-state index contributed by atoms with van der Waals surface area (Å²) in [7, 11) is 0. The molecule has 2 nitrogen and oxygen atoms in total. The highest BCUT2D eigenvalue weighted by Crippen LogP contribution is 2.24. The van der Waals surface area contributed by atoms with Crippen molar-refractivity contribution >= 4 is 5.97 Å². The fourth-order valence-corrected chi connectivity index (χ4v) is 2.40. The van der Waals surface area contributed by atoms with Crippen LogP contribution in [0.25, 0.3) is 0 Å². The number of hydrogen-bond acceptors (Lipinski definition) is 2. The Morgan fingerprint density at radius 1 is 0.833 bits per heavy atom. The zero-order chi connectivity index (χ0) is 18.1. The monoisotopic (exact) mass is 344 g/mol. The summed E-state index contributed by atoms with van der Waals surface area (Å²) in [6.45, 7) is 3.71. The summed E-state index contributed by atoms with van der Waals surface area (Å²) >= 11 is 0. The van der Waals surface area contributed by atoms with Crippen molar-refractivity contribution in [3.05, 3.63) is 0 Å².